The fourth-order valence-electron chi connectivity index (χ4n) is 0.372. The van der Waals surface area contributed by atoms with E-state index in [4.69, 9.17) is 4.74 Å². The molecule has 0 aromatic carbocycles. The zero-order valence-corrected chi connectivity index (χ0v) is 5.36. The van der Waals surface area contributed by atoms with Crippen LogP contribution in [0.4, 0.5) is 0 Å². The van der Waals surface area contributed by atoms with Crippen molar-refractivity contribution in [3.05, 3.63) is 11.6 Å². The van der Waals surface area contributed by atoms with Gasteiger partial charge in [-0.2, -0.15) is 0 Å². The van der Waals surface area contributed by atoms with Crippen molar-refractivity contribution in [2.45, 2.75) is 6.92 Å². The third-order valence-corrected chi connectivity index (χ3v) is 1.26. The molecule has 0 unspecified atom stereocenters. The summed E-state index contributed by atoms with van der Waals surface area (Å²) in [6.45, 7) is 2.61. The quantitative estimate of drug-likeness (QED) is 0.599. The van der Waals surface area contributed by atoms with E-state index >= 15 is 0 Å². The number of hydrogen-bond acceptors (Lipinski definition) is 3. The van der Waals surface area contributed by atoms with Gasteiger partial charge in [-0.25, -0.2) is 4.98 Å². The second-order valence-corrected chi connectivity index (χ2v) is 1.97. The molecule has 0 aliphatic carbocycles. The molecule has 1 aromatic heterocycles. The van der Waals surface area contributed by atoms with E-state index in [0.29, 0.717) is 11.8 Å². The maximum Gasteiger partial charge on any atom is 0.273 e. The van der Waals surface area contributed by atoms with E-state index in [-0.39, 0.29) is 0 Å². The van der Waals surface area contributed by atoms with Crippen LogP contribution in [0.1, 0.15) is 6.92 Å². The van der Waals surface area contributed by atoms with Crippen molar-refractivity contribution in [2.75, 3.05) is 6.61 Å². The lowest BCUT2D eigenvalue weighted by Crippen LogP contribution is -1.88. The van der Waals surface area contributed by atoms with Crippen LogP contribution in [0.25, 0.3) is 0 Å². The Hall–Kier alpha value is -0.570. The number of thiazole rings is 1. The normalized spacial score (nSPS) is 9.12. The fourth-order valence-corrected chi connectivity index (χ4v) is 0.861. The molecule has 1 aromatic rings. The van der Waals surface area contributed by atoms with Gasteiger partial charge in [-0.15, -0.1) is 0 Å². The first-order chi connectivity index (χ1) is 3.93. The van der Waals surface area contributed by atoms with Gasteiger partial charge in [0.2, 0.25) is 0 Å². The van der Waals surface area contributed by atoms with Crippen LogP contribution < -0.4 is 4.74 Å². The van der Waals surface area contributed by atoms with E-state index < -0.39 is 0 Å². The van der Waals surface area contributed by atoms with Gasteiger partial charge in [0, 0.05) is 0 Å². The summed E-state index contributed by atoms with van der Waals surface area (Å²) in [6, 6.07) is 0. The topological polar surface area (TPSA) is 22.1 Å². The van der Waals surface area contributed by atoms with Crippen molar-refractivity contribution >= 4 is 11.3 Å². The summed E-state index contributed by atoms with van der Waals surface area (Å²) in [6.07, 6.45) is 1.61. The highest BCUT2D eigenvalue weighted by atomic mass is 32.1. The van der Waals surface area contributed by atoms with Gasteiger partial charge in [-0.05, 0) is 6.92 Å². The summed E-state index contributed by atoms with van der Waals surface area (Å²) in [5.74, 6) is 0. The summed E-state index contributed by atoms with van der Waals surface area (Å²) < 4.78 is 5.02. The predicted molar refractivity (Wildman–Crippen MR) is 32.1 cm³/mol. The van der Waals surface area contributed by atoms with Gasteiger partial charge >= 0.3 is 0 Å². The Morgan fingerprint density at radius 3 is 3.38 bits per heavy atom. The third-order valence-electron chi connectivity index (χ3n) is 0.637. The zero-order valence-electron chi connectivity index (χ0n) is 4.55. The monoisotopic (exact) mass is 128 g/mol. The van der Waals surface area contributed by atoms with Crippen LogP contribution >= 0.6 is 11.3 Å². The Morgan fingerprint density at radius 2 is 2.88 bits per heavy atom. The highest BCUT2D eigenvalue weighted by Crippen LogP contribution is 2.11. The van der Waals surface area contributed by atoms with Gasteiger partial charge < -0.3 is 4.74 Å². The molecule has 2 nitrogen and oxygen atoms in total. The van der Waals surface area contributed by atoms with Gasteiger partial charge in [0.15, 0.2) is 0 Å². The molecule has 0 spiro atoms. The first kappa shape index (κ1) is 5.56. The molecule has 3 heteroatoms. The van der Waals surface area contributed by atoms with Gasteiger partial charge in [0.05, 0.1) is 18.2 Å². The summed E-state index contributed by atoms with van der Waals surface area (Å²) >= 11 is 1.39. The zero-order chi connectivity index (χ0) is 5.82. The van der Waals surface area contributed by atoms with Crippen LogP contribution in [0.15, 0.2) is 6.20 Å². The molecule has 0 bridgehead atoms. The smallest absolute Gasteiger partial charge is 0.273 e. The number of ether oxygens (including phenoxy) is 1. The number of hydrogen-bond donors (Lipinski definition) is 0. The van der Waals surface area contributed by atoms with Crippen molar-refractivity contribution in [1.82, 2.24) is 4.98 Å². The number of aromatic nitrogens is 1. The second kappa shape index (κ2) is 2.67. The first-order valence-corrected chi connectivity index (χ1v) is 3.20. The molecular formula is C5H6NOS. The highest BCUT2D eigenvalue weighted by molar-refractivity contribution is 7.10. The van der Waals surface area contributed by atoms with E-state index in [1.165, 1.54) is 11.3 Å². The maximum absolute atomic E-state index is 5.02. The third kappa shape index (κ3) is 1.20. The standard InChI is InChI=1S/C5H6NOS/c1-2-7-5-6-3-4-8-5/h3H,2H2,1H3. The fraction of sp³-hybridized carbons (Fsp3) is 0.400. The maximum atomic E-state index is 5.02. The summed E-state index contributed by atoms with van der Waals surface area (Å²) in [5, 5.41) is 3.52. The largest absolute Gasteiger partial charge is 0.470 e. The lowest BCUT2D eigenvalue weighted by Gasteiger charge is -1.91. The van der Waals surface area contributed by atoms with Crippen molar-refractivity contribution < 1.29 is 4.74 Å². The number of nitrogens with zero attached hydrogens (tertiary/aromatic N) is 1. The molecule has 0 fully saturated rings. The molecule has 0 saturated carbocycles. The van der Waals surface area contributed by atoms with Gasteiger partial charge in [-0.1, -0.05) is 11.3 Å². The molecule has 0 aliphatic rings. The molecule has 43 valence electrons. The van der Waals surface area contributed by atoms with Crippen LogP contribution in [0.3, 0.4) is 0 Å². The molecule has 0 amide bonds. The number of rotatable bonds is 2. The van der Waals surface area contributed by atoms with E-state index in [0.717, 1.165) is 0 Å². The minimum Gasteiger partial charge on any atom is -0.470 e. The molecule has 0 aliphatic heterocycles. The van der Waals surface area contributed by atoms with Crippen LogP contribution in [0.5, 0.6) is 5.19 Å². The lowest BCUT2D eigenvalue weighted by molar-refractivity contribution is 0.338. The Kier molecular flexibility index (Phi) is 1.86. The molecule has 0 N–H and O–H groups in total. The minimum atomic E-state index is 0.682. The van der Waals surface area contributed by atoms with E-state index in [1.54, 1.807) is 6.20 Å². The van der Waals surface area contributed by atoms with Crippen LogP contribution in [-0.4, -0.2) is 11.6 Å². The molecule has 0 saturated heterocycles. The predicted octanol–water partition coefficient (Wildman–Crippen LogP) is 1.34. The van der Waals surface area contributed by atoms with Crippen molar-refractivity contribution in [3.8, 4) is 5.19 Å². The molecule has 0 atom stereocenters. The van der Waals surface area contributed by atoms with Crippen molar-refractivity contribution in [3.63, 3.8) is 0 Å². The average molecular weight is 128 g/mol. The SMILES string of the molecule is CCOc1nc[c]s1. The summed E-state index contributed by atoms with van der Waals surface area (Å²) in [4.78, 5) is 3.85. The van der Waals surface area contributed by atoms with Gasteiger partial charge in [0.25, 0.3) is 5.19 Å². The molecule has 1 heterocycles. The Labute approximate surface area is 52.1 Å². The van der Waals surface area contributed by atoms with Crippen LogP contribution in [0.2, 0.25) is 0 Å². The van der Waals surface area contributed by atoms with Crippen LogP contribution in [-0.2, 0) is 0 Å². The average Bonchev–Trinajstić information content (AvgIpc) is 2.19. The molecular weight excluding hydrogens is 122 g/mol. The molecule has 1 rings (SSSR count). The summed E-state index contributed by atoms with van der Waals surface area (Å²) in [5.41, 5.74) is 0. The summed E-state index contributed by atoms with van der Waals surface area (Å²) in [7, 11) is 0. The van der Waals surface area contributed by atoms with Gasteiger partial charge in [0.1, 0.15) is 0 Å². The Morgan fingerprint density at radius 1 is 2.00 bits per heavy atom. The van der Waals surface area contributed by atoms with Gasteiger partial charge in [-0.3, -0.25) is 0 Å². The first-order valence-electron chi connectivity index (χ1n) is 2.38. The highest BCUT2D eigenvalue weighted by Gasteiger charge is 1.89. The Bertz CT molecular complexity index is 138. The lowest BCUT2D eigenvalue weighted by atomic mass is 10.9. The van der Waals surface area contributed by atoms with Crippen LogP contribution in [0, 0.1) is 5.38 Å². The second-order valence-electron chi connectivity index (χ2n) is 1.18. The molecule has 1 radical (unpaired) electrons. The molecule has 8 heavy (non-hydrogen) atoms. The van der Waals surface area contributed by atoms with E-state index in [1.807, 2.05) is 6.92 Å². The minimum absolute atomic E-state index is 0.682. The van der Waals surface area contributed by atoms with Crippen molar-refractivity contribution in [1.29, 1.82) is 0 Å². The van der Waals surface area contributed by atoms with E-state index in [2.05, 4.69) is 10.4 Å². The van der Waals surface area contributed by atoms with E-state index in [9.17, 15) is 0 Å². The Balaban J connectivity index is 2.50. The van der Waals surface area contributed by atoms with Crippen molar-refractivity contribution in [2.24, 2.45) is 0 Å².